The van der Waals surface area contributed by atoms with Crippen LogP contribution in [0.25, 0.3) is 22.2 Å². The van der Waals surface area contributed by atoms with Gasteiger partial charge in [-0.25, -0.2) is 4.98 Å². The van der Waals surface area contributed by atoms with Gasteiger partial charge in [0, 0.05) is 16.9 Å². The van der Waals surface area contributed by atoms with E-state index >= 15 is 0 Å². The minimum Gasteiger partial charge on any atom is -0.341 e. The number of para-hydroxylation sites is 2. The minimum absolute atomic E-state index is 0.208. The number of H-pyrrole nitrogens is 1. The van der Waals surface area contributed by atoms with Gasteiger partial charge in [-0.05, 0) is 61.2 Å². The lowest BCUT2D eigenvalue weighted by Gasteiger charge is -2.23. The lowest BCUT2D eigenvalue weighted by molar-refractivity contribution is 0.601. The van der Waals surface area contributed by atoms with E-state index in [1.807, 2.05) is 12.1 Å². The van der Waals surface area contributed by atoms with Crippen molar-refractivity contribution in [3.63, 3.8) is 0 Å². The predicted molar refractivity (Wildman–Crippen MR) is 134 cm³/mol. The molecular weight excluding hydrogens is 388 g/mol. The van der Waals surface area contributed by atoms with Gasteiger partial charge in [-0.2, -0.15) is 0 Å². The van der Waals surface area contributed by atoms with Gasteiger partial charge < -0.3 is 4.98 Å². The lowest BCUT2D eigenvalue weighted by atomic mass is 9.82. The number of aromatic amines is 1. The molecule has 0 fully saturated rings. The van der Waals surface area contributed by atoms with E-state index in [1.165, 1.54) is 33.4 Å². The summed E-state index contributed by atoms with van der Waals surface area (Å²) in [5.74, 6) is 1.31. The van der Waals surface area contributed by atoms with Gasteiger partial charge in [0.2, 0.25) is 0 Å². The fourth-order valence-corrected chi connectivity index (χ4v) is 4.41. The van der Waals surface area contributed by atoms with Gasteiger partial charge in [0.25, 0.3) is 0 Å². The molecular formula is C30H28N2. The van der Waals surface area contributed by atoms with Gasteiger partial charge in [-0.3, -0.25) is 0 Å². The smallest absolute Gasteiger partial charge is 0.117 e. The lowest BCUT2D eigenvalue weighted by Crippen LogP contribution is -2.20. The SMILES string of the molecule is Cc1ccc(C2=C=CC(c3ccc(C(C)(C)c4nc5ccccc5[nH]4)cc3)=CC2C)cc1. The Bertz CT molecular complexity index is 1340. The third-order valence-electron chi connectivity index (χ3n) is 6.55. The van der Waals surface area contributed by atoms with Gasteiger partial charge in [-0.1, -0.05) is 79.2 Å². The Balaban J connectivity index is 1.42. The van der Waals surface area contributed by atoms with Crippen LogP contribution in [0.5, 0.6) is 0 Å². The number of aromatic nitrogens is 2. The molecule has 0 radical (unpaired) electrons. The van der Waals surface area contributed by atoms with E-state index in [1.54, 1.807) is 0 Å². The Morgan fingerprint density at radius 1 is 0.875 bits per heavy atom. The average Bonchev–Trinajstić information content (AvgIpc) is 3.25. The molecule has 32 heavy (non-hydrogen) atoms. The summed E-state index contributed by atoms with van der Waals surface area (Å²) >= 11 is 0. The van der Waals surface area contributed by atoms with Crippen molar-refractivity contribution in [2.75, 3.05) is 0 Å². The molecule has 4 aromatic rings. The molecule has 0 saturated carbocycles. The van der Waals surface area contributed by atoms with Crippen molar-refractivity contribution >= 4 is 22.2 Å². The summed E-state index contributed by atoms with van der Waals surface area (Å²) in [5.41, 5.74) is 12.9. The topological polar surface area (TPSA) is 28.7 Å². The van der Waals surface area contributed by atoms with Crippen LogP contribution in [0.4, 0.5) is 0 Å². The number of nitrogens with one attached hydrogen (secondary N) is 1. The standard InChI is InChI=1S/C30H28N2/c1-20-9-11-23(12-10-20)26-18-15-24(19-21(26)2)22-13-16-25(17-14-22)30(3,4)29-31-27-7-5-6-8-28(27)32-29/h5-17,19,21H,1-4H3,(H,31,32). The van der Waals surface area contributed by atoms with Crippen LogP contribution in [0.2, 0.25) is 0 Å². The van der Waals surface area contributed by atoms with Crippen molar-refractivity contribution in [3.8, 4) is 0 Å². The number of nitrogens with zero attached hydrogens (tertiary/aromatic N) is 1. The maximum Gasteiger partial charge on any atom is 0.117 e. The number of hydrogen-bond donors (Lipinski definition) is 1. The van der Waals surface area contributed by atoms with E-state index in [0.29, 0.717) is 5.92 Å². The summed E-state index contributed by atoms with van der Waals surface area (Å²) in [6.45, 7) is 8.81. The highest BCUT2D eigenvalue weighted by molar-refractivity contribution is 5.82. The maximum atomic E-state index is 4.84. The fourth-order valence-electron chi connectivity index (χ4n) is 4.41. The van der Waals surface area contributed by atoms with Crippen molar-refractivity contribution in [1.29, 1.82) is 0 Å². The number of allylic oxidation sites excluding steroid dienone is 3. The molecule has 1 aliphatic rings. The summed E-state index contributed by atoms with van der Waals surface area (Å²) in [7, 11) is 0. The van der Waals surface area contributed by atoms with Gasteiger partial charge >= 0.3 is 0 Å². The normalized spacial score (nSPS) is 16.2. The van der Waals surface area contributed by atoms with E-state index in [4.69, 9.17) is 4.98 Å². The van der Waals surface area contributed by atoms with Gasteiger partial charge in [0.15, 0.2) is 0 Å². The number of fused-ring (bicyclic) bond motifs is 1. The van der Waals surface area contributed by atoms with Crippen molar-refractivity contribution < 1.29 is 0 Å². The molecule has 1 N–H and O–H groups in total. The molecule has 1 heterocycles. The molecule has 2 nitrogen and oxygen atoms in total. The zero-order valence-corrected chi connectivity index (χ0v) is 19.1. The van der Waals surface area contributed by atoms with Gasteiger partial charge in [0.1, 0.15) is 5.82 Å². The molecule has 1 atom stereocenters. The molecule has 1 aromatic heterocycles. The first-order chi connectivity index (χ1) is 15.4. The number of hydrogen-bond acceptors (Lipinski definition) is 1. The van der Waals surface area contributed by atoms with Crippen LogP contribution in [-0.2, 0) is 5.41 Å². The van der Waals surface area contributed by atoms with E-state index < -0.39 is 0 Å². The molecule has 3 aromatic carbocycles. The summed E-state index contributed by atoms with van der Waals surface area (Å²) in [4.78, 5) is 8.34. The molecule has 0 aliphatic heterocycles. The van der Waals surface area contributed by atoms with Crippen LogP contribution in [-0.4, -0.2) is 9.97 Å². The largest absolute Gasteiger partial charge is 0.341 e. The summed E-state index contributed by atoms with van der Waals surface area (Å²) < 4.78 is 0. The number of rotatable bonds is 4. The molecule has 158 valence electrons. The monoisotopic (exact) mass is 416 g/mol. The fraction of sp³-hybridized carbons (Fsp3) is 0.200. The Kier molecular flexibility index (Phi) is 4.96. The third kappa shape index (κ3) is 3.64. The molecule has 1 unspecified atom stereocenters. The summed E-state index contributed by atoms with van der Waals surface area (Å²) in [6, 6.07) is 25.8. The Labute approximate surface area is 190 Å². The first-order valence-electron chi connectivity index (χ1n) is 11.2. The van der Waals surface area contributed by atoms with Crippen LogP contribution in [0, 0.1) is 12.8 Å². The first-order valence-corrected chi connectivity index (χ1v) is 11.2. The quantitative estimate of drug-likeness (QED) is 0.343. The van der Waals surface area contributed by atoms with Gasteiger partial charge in [0.05, 0.1) is 11.0 Å². The first kappa shape index (κ1) is 20.3. The molecule has 0 spiro atoms. The van der Waals surface area contributed by atoms with Crippen LogP contribution >= 0.6 is 0 Å². The highest BCUT2D eigenvalue weighted by Crippen LogP contribution is 2.34. The second-order valence-corrected chi connectivity index (χ2v) is 9.28. The Morgan fingerprint density at radius 2 is 1.56 bits per heavy atom. The number of benzene rings is 3. The highest BCUT2D eigenvalue weighted by Gasteiger charge is 2.27. The number of aryl methyl sites for hydroxylation is 1. The molecule has 2 heteroatoms. The Morgan fingerprint density at radius 3 is 2.25 bits per heavy atom. The molecule has 0 bridgehead atoms. The van der Waals surface area contributed by atoms with Crippen molar-refractivity contribution in [2.24, 2.45) is 5.92 Å². The van der Waals surface area contributed by atoms with Crippen LogP contribution in [0.1, 0.15) is 48.8 Å². The van der Waals surface area contributed by atoms with E-state index in [-0.39, 0.29) is 5.41 Å². The number of imidazole rings is 1. The van der Waals surface area contributed by atoms with Crippen LogP contribution < -0.4 is 0 Å². The maximum absolute atomic E-state index is 4.84. The van der Waals surface area contributed by atoms with Crippen molar-refractivity contribution in [3.05, 3.63) is 119 Å². The molecule has 0 amide bonds. The zero-order chi connectivity index (χ0) is 22.3. The van der Waals surface area contributed by atoms with Gasteiger partial charge in [-0.15, -0.1) is 5.73 Å². The Hall–Kier alpha value is -3.61. The van der Waals surface area contributed by atoms with E-state index in [9.17, 15) is 0 Å². The van der Waals surface area contributed by atoms with Crippen molar-refractivity contribution in [2.45, 2.75) is 33.1 Å². The second-order valence-electron chi connectivity index (χ2n) is 9.28. The average molecular weight is 417 g/mol. The van der Waals surface area contributed by atoms with E-state index in [2.05, 4.69) is 111 Å². The summed E-state index contributed by atoms with van der Waals surface area (Å²) in [5, 5.41) is 0. The minimum atomic E-state index is -0.208. The van der Waals surface area contributed by atoms with Crippen LogP contribution in [0.3, 0.4) is 0 Å². The molecule has 5 rings (SSSR count). The second kappa shape index (κ2) is 7.82. The van der Waals surface area contributed by atoms with E-state index in [0.717, 1.165) is 16.9 Å². The highest BCUT2D eigenvalue weighted by atomic mass is 14.9. The summed E-state index contributed by atoms with van der Waals surface area (Å²) in [6.07, 6.45) is 4.46. The molecule has 1 aliphatic carbocycles. The zero-order valence-electron chi connectivity index (χ0n) is 19.1. The third-order valence-corrected chi connectivity index (χ3v) is 6.55. The van der Waals surface area contributed by atoms with Crippen LogP contribution in [0.15, 0.2) is 90.7 Å². The predicted octanol–water partition coefficient (Wildman–Crippen LogP) is 7.47. The van der Waals surface area contributed by atoms with Crippen molar-refractivity contribution in [1.82, 2.24) is 9.97 Å². The molecule has 0 saturated heterocycles.